The van der Waals surface area contributed by atoms with Crippen LogP contribution in [0.1, 0.15) is 16.8 Å². The van der Waals surface area contributed by atoms with Crippen LogP contribution in [0.3, 0.4) is 0 Å². The first kappa shape index (κ1) is 10.9. The molecule has 0 aliphatic carbocycles. The Bertz CT molecular complexity index is 395. The Hall–Kier alpha value is -1.62. The second-order valence-corrected chi connectivity index (χ2v) is 3.89. The zero-order chi connectivity index (χ0) is 11.5. The van der Waals surface area contributed by atoms with Crippen molar-refractivity contribution in [2.24, 2.45) is 5.73 Å². The Morgan fingerprint density at radius 2 is 2.50 bits per heavy atom. The molecule has 5 heteroatoms. The van der Waals surface area contributed by atoms with E-state index in [0.717, 1.165) is 13.0 Å². The van der Waals surface area contributed by atoms with Gasteiger partial charge >= 0.3 is 0 Å². The van der Waals surface area contributed by atoms with Gasteiger partial charge in [0.05, 0.1) is 7.11 Å². The number of nitrogens with zero attached hydrogens (tertiary/aromatic N) is 2. The maximum Gasteiger partial charge on any atom is 0.254 e. The second-order valence-electron chi connectivity index (χ2n) is 3.89. The average molecular weight is 221 g/mol. The number of ether oxygens (including phenoxy) is 1. The smallest absolute Gasteiger partial charge is 0.254 e. The van der Waals surface area contributed by atoms with Crippen molar-refractivity contribution in [3.63, 3.8) is 0 Å². The van der Waals surface area contributed by atoms with Crippen LogP contribution in [0.5, 0.6) is 5.88 Å². The van der Waals surface area contributed by atoms with Gasteiger partial charge < -0.3 is 15.4 Å². The SMILES string of the molecule is COc1cc(C(=O)N2CC[C@H](N)C2)ccn1. The van der Waals surface area contributed by atoms with Gasteiger partial charge in [-0.3, -0.25) is 4.79 Å². The normalized spacial score (nSPS) is 19.9. The molecule has 1 fully saturated rings. The van der Waals surface area contributed by atoms with Gasteiger partial charge in [-0.25, -0.2) is 4.98 Å². The van der Waals surface area contributed by atoms with Crippen molar-refractivity contribution in [2.45, 2.75) is 12.5 Å². The van der Waals surface area contributed by atoms with E-state index in [9.17, 15) is 4.79 Å². The van der Waals surface area contributed by atoms with Crippen molar-refractivity contribution in [1.29, 1.82) is 0 Å². The molecule has 1 atom stereocenters. The third-order valence-corrected chi connectivity index (χ3v) is 2.70. The summed E-state index contributed by atoms with van der Waals surface area (Å²) in [7, 11) is 1.53. The Labute approximate surface area is 94.2 Å². The average Bonchev–Trinajstić information content (AvgIpc) is 2.75. The molecule has 0 saturated carbocycles. The highest BCUT2D eigenvalue weighted by Crippen LogP contribution is 2.15. The zero-order valence-corrected chi connectivity index (χ0v) is 9.22. The number of amides is 1. The van der Waals surface area contributed by atoms with E-state index in [1.807, 2.05) is 0 Å². The molecule has 1 saturated heterocycles. The van der Waals surface area contributed by atoms with Gasteiger partial charge in [-0.15, -0.1) is 0 Å². The lowest BCUT2D eigenvalue weighted by atomic mass is 10.2. The minimum absolute atomic E-state index is 0.00588. The number of nitrogens with two attached hydrogens (primary N) is 1. The van der Waals surface area contributed by atoms with Crippen LogP contribution in [0, 0.1) is 0 Å². The first-order valence-corrected chi connectivity index (χ1v) is 5.25. The van der Waals surface area contributed by atoms with E-state index in [4.69, 9.17) is 10.5 Å². The summed E-state index contributed by atoms with van der Waals surface area (Å²) in [6.45, 7) is 1.36. The highest BCUT2D eigenvalue weighted by molar-refractivity contribution is 5.94. The van der Waals surface area contributed by atoms with Crippen LogP contribution in [0.4, 0.5) is 0 Å². The highest BCUT2D eigenvalue weighted by atomic mass is 16.5. The van der Waals surface area contributed by atoms with E-state index >= 15 is 0 Å². The Kier molecular flexibility index (Phi) is 3.05. The van der Waals surface area contributed by atoms with Crippen LogP contribution in [0.15, 0.2) is 18.3 Å². The van der Waals surface area contributed by atoms with Gasteiger partial charge in [-0.1, -0.05) is 0 Å². The number of rotatable bonds is 2. The summed E-state index contributed by atoms with van der Waals surface area (Å²) in [5, 5.41) is 0. The number of carbonyl (C=O) groups excluding carboxylic acids is 1. The van der Waals surface area contributed by atoms with Crippen molar-refractivity contribution in [1.82, 2.24) is 9.88 Å². The summed E-state index contributed by atoms with van der Waals surface area (Å²) < 4.78 is 4.98. The summed E-state index contributed by atoms with van der Waals surface area (Å²) in [5.74, 6) is 0.447. The van der Waals surface area contributed by atoms with Crippen LogP contribution in [0.25, 0.3) is 0 Å². The third kappa shape index (κ3) is 2.14. The van der Waals surface area contributed by atoms with Crippen LogP contribution in [-0.4, -0.2) is 42.0 Å². The number of pyridine rings is 1. The molecule has 0 unspecified atom stereocenters. The number of hydrogen-bond acceptors (Lipinski definition) is 4. The summed E-state index contributed by atoms with van der Waals surface area (Å²) in [5.41, 5.74) is 6.36. The molecule has 1 aliphatic heterocycles. The summed E-state index contributed by atoms with van der Waals surface area (Å²) >= 11 is 0. The molecule has 5 nitrogen and oxygen atoms in total. The van der Waals surface area contributed by atoms with Gasteiger partial charge in [0.1, 0.15) is 0 Å². The van der Waals surface area contributed by atoms with Crippen LogP contribution >= 0.6 is 0 Å². The molecule has 1 aromatic rings. The monoisotopic (exact) mass is 221 g/mol. The fourth-order valence-electron chi connectivity index (χ4n) is 1.81. The lowest BCUT2D eigenvalue weighted by Crippen LogP contribution is -2.31. The van der Waals surface area contributed by atoms with Crippen molar-refractivity contribution in [3.8, 4) is 5.88 Å². The number of carbonyl (C=O) groups is 1. The van der Waals surface area contributed by atoms with Gasteiger partial charge in [-0.2, -0.15) is 0 Å². The van der Waals surface area contributed by atoms with Gasteiger partial charge in [0, 0.05) is 37.0 Å². The maximum absolute atomic E-state index is 12.0. The fourth-order valence-corrected chi connectivity index (χ4v) is 1.81. The van der Waals surface area contributed by atoms with E-state index in [1.54, 1.807) is 23.2 Å². The zero-order valence-electron chi connectivity index (χ0n) is 9.22. The molecule has 2 N–H and O–H groups in total. The number of likely N-dealkylation sites (tertiary alicyclic amines) is 1. The molecule has 1 aliphatic rings. The van der Waals surface area contributed by atoms with Crippen molar-refractivity contribution < 1.29 is 9.53 Å². The summed E-state index contributed by atoms with van der Waals surface area (Å²) in [6, 6.07) is 3.44. The van der Waals surface area contributed by atoms with Crippen LogP contribution < -0.4 is 10.5 Å². The Morgan fingerprint density at radius 1 is 1.69 bits per heavy atom. The molecular weight excluding hydrogens is 206 g/mol. The lowest BCUT2D eigenvalue weighted by Gasteiger charge is -2.15. The molecule has 2 rings (SSSR count). The Morgan fingerprint density at radius 3 is 3.12 bits per heavy atom. The summed E-state index contributed by atoms with van der Waals surface area (Å²) in [4.78, 5) is 17.8. The van der Waals surface area contributed by atoms with Crippen molar-refractivity contribution in [3.05, 3.63) is 23.9 Å². The topological polar surface area (TPSA) is 68.5 Å². The van der Waals surface area contributed by atoms with Gasteiger partial charge in [0.25, 0.3) is 5.91 Å². The number of methoxy groups -OCH3 is 1. The number of aromatic nitrogens is 1. The van der Waals surface area contributed by atoms with Crippen LogP contribution in [0.2, 0.25) is 0 Å². The van der Waals surface area contributed by atoms with E-state index in [2.05, 4.69) is 4.98 Å². The highest BCUT2D eigenvalue weighted by Gasteiger charge is 2.24. The molecule has 0 radical (unpaired) electrons. The molecule has 0 spiro atoms. The second kappa shape index (κ2) is 4.49. The minimum atomic E-state index is -0.00588. The molecule has 0 aromatic carbocycles. The standard InChI is InChI=1S/C11H15N3O2/c1-16-10-6-8(2-4-13-10)11(15)14-5-3-9(12)7-14/h2,4,6,9H,3,5,7,12H2,1H3/t9-/m0/s1. The third-order valence-electron chi connectivity index (χ3n) is 2.70. The molecule has 1 amide bonds. The minimum Gasteiger partial charge on any atom is -0.481 e. The van der Waals surface area contributed by atoms with Gasteiger partial charge in [0.15, 0.2) is 0 Å². The van der Waals surface area contributed by atoms with Gasteiger partial charge in [0.2, 0.25) is 5.88 Å². The molecule has 86 valence electrons. The molecule has 1 aromatic heterocycles. The van der Waals surface area contributed by atoms with Gasteiger partial charge in [-0.05, 0) is 12.5 Å². The Balaban J connectivity index is 2.14. The molecule has 2 heterocycles. The van der Waals surface area contributed by atoms with E-state index in [0.29, 0.717) is 18.0 Å². The van der Waals surface area contributed by atoms with E-state index in [1.165, 1.54) is 7.11 Å². The largest absolute Gasteiger partial charge is 0.481 e. The van der Waals surface area contributed by atoms with E-state index in [-0.39, 0.29) is 11.9 Å². The first-order valence-electron chi connectivity index (χ1n) is 5.25. The van der Waals surface area contributed by atoms with Crippen molar-refractivity contribution >= 4 is 5.91 Å². The maximum atomic E-state index is 12.0. The molecular formula is C11H15N3O2. The predicted octanol–water partition coefficient (Wildman–Crippen LogP) is 0.263. The number of hydrogen-bond donors (Lipinski definition) is 1. The predicted molar refractivity (Wildman–Crippen MR) is 59.3 cm³/mol. The lowest BCUT2D eigenvalue weighted by molar-refractivity contribution is 0.0790. The summed E-state index contributed by atoms with van der Waals surface area (Å²) in [6.07, 6.45) is 2.44. The fraction of sp³-hybridized carbons (Fsp3) is 0.455. The quantitative estimate of drug-likeness (QED) is 0.778. The van der Waals surface area contributed by atoms with Crippen LogP contribution in [-0.2, 0) is 0 Å². The van der Waals surface area contributed by atoms with Crippen molar-refractivity contribution in [2.75, 3.05) is 20.2 Å². The molecule has 0 bridgehead atoms. The van der Waals surface area contributed by atoms with E-state index < -0.39 is 0 Å². The molecule has 16 heavy (non-hydrogen) atoms. The first-order chi connectivity index (χ1) is 7.70.